The summed E-state index contributed by atoms with van der Waals surface area (Å²) in [5.41, 5.74) is 3.34. The molecule has 3 rings (SSSR count). The van der Waals surface area contributed by atoms with Gasteiger partial charge in [-0.25, -0.2) is 0 Å². The minimum Gasteiger partial charge on any atom is -0.289 e. The molecule has 0 fully saturated rings. The van der Waals surface area contributed by atoms with Gasteiger partial charge in [-0.2, -0.15) is 0 Å². The predicted octanol–water partition coefficient (Wildman–Crippen LogP) is 3.06. The van der Waals surface area contributed by atoms with Crippen molar-refractivity contribution in [2.24, 2.45) is 5.92 Å². The van der Waals surface area contributed by atoms with Crippen molar-refractivity contribution in [2.75, 3.05) is 0 Å². The van der Waals surface area contributed by atoms with E-state index in [1.165, 1.54) is 11.1 Å². The number of allylic oxidation sites excluding steroid dienone is 5. The molecule has 0 aliphatic heterocycles. The third-order valence-corrected chi connectivity index (χ3v) is 4.36. The fraction of sp³-hybridized carbons (Fsp3) is 0.250. The zero-order valence-electron chi connectivity index (χ0n) is 12.4. The lowest BCUT2D eigenvalue weighted by molar-refractivity contribution is -0.109. The van der Waals surface area contributed by atoms with E-state index in [-0.39, 0.29) is 5.78 Å². The fourth-order valence-electron chi connectivity index (χ4n) is 2.98. The lowest BCUT2D eigenvalue weighted by atomic mass is 9.84. The molecule has 0 radical (unpaired) electrons. The second-order valence-electron chi connectivity index (χ2n) is 5.98. The summed E-state index contributed by atoms with van der Waals surface area (Å²) in [6.07, 6.45) is 11.3. The molecule has 0 heterocycles. The van der Waals surface area contributed by atoms with Gasteiger partial charge in [0.1, 0.15) is 0 Å². The van der Waals surface area contributed by atoms with Crippen molar-refractivity contribution in [2.45, 2.75) is 26.2 Å². The first-order chi connectivity index (χ1) is 10.1. The number of Topliss-reactive ketones (excluding diaryl/α,β-unsaturated/α-hetero) is 1. The Balaban J connectivity index is 1.90. The molecule has 1 aromatic rings. The van der Waals surface area contributed by atoms with Crippen molar-refractivity contribution in [1.29, 1.82) is 0 Å². The number of rotatable bonds is 2. The van der Waals surface area contributed by atoms with Gasteiger partial charge in [0.05, 0.1) is 0 Å². The highest BCUT2D eigenvalue weighted by Crippen LogP contribution is 2.29. The van der Waals surface area contributed by atoms with Crippen LogP contribution in [0.2, 0.25) is 0 Å². The maximum Gasteiger partial charge on any atom is 0.186 e. The molecule has 106 valence electrons. The first-order valence-corrected chi connectivity index (χ1v) is 7.52. The Morgan fingerprint density at radius 3 is 2.57 bits per heavy atom. The Kier molecular flexibility index (Phi) is 3.74. The number of hydrogen-bond donors (Lipinski definition) is 0. The third kappa shape index (κ3) is 2.97. The summed E-state index contributed by atoms with van der Waals surface area (Å²) >= 11 is 0. The minimum absolute atomic E-state index is 0.108. The van der Waals surface area contributed by atoms with Gasteiger partial charge in [-0.3, -0.25) is 4.79 Å². The topological polar surface area (TPSA) is 17.1 Å². The highest BCUT2D eigenvalue weighted by Gasteiger charge is 2.15. The van der Waals surface area contributed by atoms with Gasteiger partial charge in [0.2, 0.25) is 0 Å². The normalized spacial score (nSPS) is 22.9. The summed E-state index contributed by atoms with van der Waals surface area (Å²) in [5, 5.41) is 2.14. The van der Waals surface area contributed by atoms with Crippen LogP contribution in [0.3, 0.4) is 0 Å². The van der Waals surface area contributed by atoms with Gasteiger partial charge in [-0.05, 0) is 60.8 Å². The minimum atomic E-state index is 0.108. The van der Waals surface area contributed by atoms with E-state index in [0.717, 1.165) is 35.3 Å². The number of fused-ring (bicyclic) bond motifs is 1. The van der Waals surface area contributed by atoms with Crippen LogP contribution in [0.5, 0.6) is 0 Å². The lowest BCUT2D eigenvalue weighted by Crippen LogP contribution is -2.29. The van der Waals surface area contributed by atoms with Crippen molar-refractivity contribution in [3.63, 3.8) is 0 Å². The lowest BCUT2D eigenvalue weighted by Gasteiger charge is -2.21. The van der Waals surface area contributed by atoms with E-state index in [0.29, 0.717) is 5.92 Å². The van der Waals surface area contributed by atoms with Gasteiger partial charge in [-0.15, -0.1) is 0 Å². The van der Waals surface area contributed by atoms with Crippen molar-refractivity contribution in [3.8, 4) is 0 Å². The summed E-state index contributed by atoms with van der Waals surface area (Å²) in [6, 6.07) is 8.01. The Hall–Kier alpha value is -2.15. The van der Waals surface area contributed by atoms with Gasteiger partial charge in [0, 0.05) is 5.57 Å². The summed E-state index contributed by atoms with van der Waals surface area (Å²) in [5.74, 6) is 0.710. The van der Waals surface area contributed by atoms with Crippen molar-refractivity contribution in [3.05, 3.63) is 70.2 Å². The summed E-state index contributed by atoms with van der Waals surface area (Å²) in [7, 11) is 0. The smallest absolute Gasteiger partial charge is 0.186 e. The highest BCUT2D eigenvalue weighted by atomic mass is 16.1. The van der Waals surface area contributed by atoms with Crippen LogP contribution >= 0.6 is 0 Å². The predicted molar refractivity (Wildman–Crippen MR) is 88.0 cm³/mol. The van der Waals surface area contributed by atoms with E-state index in [9.17, 15) is 4.79 Å². The third-order valence-electron chi connectivity index (χ3n) is 4.36. The Morgan fingerprint density at radius 2 is 1.95 bits per heavy atom. The van der Waals surface area contributed by atoms with Crippen LogP contribution in [0.1, 0.15) is 26.2 Å². The number of benzene rings is 1. The zero-order valence-corrected chi connectivity index (χ0v) is 12.4. The van der Waals surface area contributed by atoms with E-state index in [1.807, 2.05) is 24.3 Å². The molecule has 0 aromatic heterocycles. The molecule has 1 atom stereocenters. The summed E-state index contributed by atoms with van der Waals surface area (Å²) in [6.45, 7) is 6.15. The van der Waals surface area contributed by atoms with Crippen LogP contribution in [0, 0.1) is 5.92 Å². The second-order valence-corrected chi connectivity index (χ2v) is 5.98. The van der Waals surface area contributed by atoms with Gasteiger partial charge in [-0.1, -0.05) is 48.1 Å². The number of hydrogen-bond acceptors (Lipinski definition) is 1. The summed E-state index contributed by atoms with van der Waals surface area (Å²) < 4.78 is 0. The van der Waals surface area contributed by atoms with Gasteiger partial charge in [0.15, 0.2) is 5.78 Å². The standard InChI is InChI=1S/C20H20O/c1-14(2)16-9-7-15(8-10-16)11-19-12-17-5-3-4-6-18(17)13-20(19)21/h3-7,11-13,16H,1,8-10H2,2H3/b19-11-/t16-/m0/s1. The molecular formula is C20H20O. The number of ketones is 1. The van der Waals surface area contributed by atoms with E-state index in [1.54, 1.807) is 6.08 Å². The van der Waals surface area contributed by atoms with Crippen molar-refractivity contribution < 1.29 is 4.79 Å². The highest BCUT2D eigenvalue weighted by molar-refractivity contribution is 6.22. The largest absolute Gasteiger partial charge is 0.289 e. The molecule has 2 aliphatic carbocycles. The molecule has 0 N–H and O–H groups in total. The van der Waals surface area contributed by atoms with Crippen LogP contribution in [0.25, 0.3) is 12.2 Å². The molecule has 21 heavy (non-hydrogen) atoms. The molecule has 0 unspecified atom stereocenters. The van der Waals surface area contributed by atoms with E-state index in [4.69, 9.17) is 0 Å². The molecule has 2 aliphatic rings. The zero-order chi connectivity index (χ0) is 14.8. The van der Waals surface area contributed by atoms with E-state index < -0.39 is 0 Å². The average Bonchev–Trinajstić information content (AvgIpc) is 2.48. The maximum absolute atomic E-state index is 12.2. The quantitative estimate of drug-likeness (QED) is 0.599. The second kappa shape index (κ2) is 5.69. The Morgan fingerprint density at radius 1 is 1.24 bits per heavy atom. The first-order valence-electron chi connectivity index (χ1n) is 7.52. The van der Waals surface area contributed by atoms with Crippen molar-refractivity contribution >= 4 is 17.9 Å². The molecule has 0 spiro atoms. The molecule has 1 nitrogen and oxygen atoms in total. The van der Waals surface area contributed by atoms with Crippen LogP contribution in [-0.2, 0) is 4.79 Å². The molecule has 0 saturated carbocycles. The molecule has 0 saturated heterocycles. The summed E-state index contributed by atoms with van der Waals surface area (Å²) in [4.78, 5) is 12.2. The van der Waals surface area contributed by atoms with Crippen LogP contribution in [0.15, 0.2) is 59.7 Å². The average molecular weight is 276 g/mol. The number of carbonyl (C=O) groups excluding carboxylic acids is 1. The molecular weight excluding hydrogens is 256 g/mol. The SMILES string of the molecule is C=C(C)[C@H]1CC=C(/C=C2/C=c3ccccc3=CC2=O)CC1. The van der Waals surface area contributed by atoms with E-state index in [2.05, 4.69) is 31.7 Å². The van der Waals surface area contributed by atoms with Crippen LogP contribution < -0.4 is 10.4 Å². The molecule has 1 heteroatoms. The van der Waals surface area contributed by atoms with Crippen LogP contribution in [-0.4, -0.2) is 5.78 Å². The Bertz CT molecular complexity index is 774. The van der Waals surface area contributed by atoms with Gasteiger partial charge >= 0.3 is 0 Å². The van der Waals surface area contributed by atoms with Crippen LogP contribution in [0.4, 0.5) is 0 Å². The first kappa shape index (κ1) is 13.8. The Labute approximate surface area is 125 Å². The molecule has 0 amide bonds. The van der Waals surface area contributed by atoms with Crippen molar-refractivity contribution in [1.82, 2.24) is 0 Å². The fourth-order valence-corrected chi connectivity index (χ4v) is 2.98. The van der Waals surface area contributed by atoms with Gasteiger partial charge in [0.25, 0.3) is 0 Å². The number of carbonyl (C=O) groups is 1. The monoisotopic (exact) mass is 276 g/mol. The maximum atomic E-state index is 12.2. The molecule has 1 aromatic carbocycles. The molecule has 0 bridgehead atoms. The van der Waals surface area contributed by atoms with E-state index >= 15 is 0 Å². The van der Waals surface area contributed by atoms with Gasteiger partial charge < -0.3 is 0 Å².